The van der Waals surface area contributed by atoms with Crippen molar-refractivity contribution in [2.75, 3.05) is 6.54 Å². The quantitative estimate of drug-likeness (QED) is 0.891. The molecule has 2 rings (SSSR count). The number of rotatable bonds is 4. The first kappa shape index (κ1) is 12.6. The molecule has 1 aromatic heterocycles. The van der Waals surface area contributed by atoms with Gasteiger partial charge in [-0.2, -0.15) is 0 Å². The first-order valence-electron chi connectivity index (χ1n) is 6.24. The molecule has 1 heterocycles. The summed E-state index contributed by atoms with van der Waals surface area (Å²) in [5, 5.41) is 0. The molecule has 0 radical (unpaired) electrons. The molecule has 94 valence electrons. The van der Waals surface area contributed by atoms with E-state index in [0.717, 1.165) is 17.5 Å². The van der Waals surface area contributed by atoms with Gasteiger partial charge < -0.3 is 10.3 Å². The number of benzene rings is 1. The van der Waals surface area contributed by atoms with Gasteiger partial charge in [-0.3, -0.25) is 4.79 Å². The first-order chi connectivity index (χ1) is 8.74. The fourth-order valence-electron chi connectivity index (χ4n) is 1.95. The van der Waals surface area contributed by atoms with Gasteiger partial charge in [0.05, 0.1) is 0 Å². The van der Waals surface area contributed by atoms with E-state index >= 15 is 0 Å². The van der Waals surface area contributed by atoms with E-state index in [0.29, 0.717) is 13.1 Å². The molecule has 3 heteroatoms. The Hall–Kier alpha value is -1.87. The first-order valence-corrected chi connectivity index (χ1v) is 6.24. The predicted molar refractivity (Wildman–Crippen MR) is 74.6 cm³/mol. The van der Waals surface area contributed by atoms with Gasteiger partial charge in [0.1, 0.15) is 0 Å². The monoisotopic (exact) mass is 242 g/mol. The normalized spacial score (nSPS) is 10.6. The van der Waals surface area contributed by atoms with Crippen LogP contribution in [0, 0.1) is 0 Å². The Morgan fingerprint density at radius 1 is 1.06 bits per heavy atom. The largest absolute Gasteiger partial charge is 0.329 e. The summed E-state index contributed by atoms with van der Waals surface area (Å²) in [6.45, 7) is 3.16. The maximum absolute atomic E-state index is 11.6. The van der Waals surface area contributed by atoms with Gasteiger partial charge in [-0.1, -0.05) is 31.2 Å². The molecule has 2 N–H and O–H groups in total. The van der Waals surface area contributed by atoms with E-state index in [1.54, 1.807) is 10.6 Å². The lowest BCUT2D eigenvalue weighted by Gasteiger charge is -2.07. The third kappa shape index (κ3) is 2.68. The number of aryl methyl sites for hydroxylation is 1. The molecule has 0 bridgehead atoms. The minimum absolute atomic E-state index is 0.00521. The molecular weight excluding hydrogens is 224 g/mol. The van der Waals surface area contributed by atoms with Crippen LogP contribution in [0.25, 0.3) is 11.1 Å². The second kappa shape index (κ2) is 5.65. The Bertz CT molecular complexity index is 570. The average molecular weight is 242 g/mol. The number of aromatic nitrogens is 1. The van der Waals surface area contributed by atoms with Crippen LogP contribution in [0.4, 0.5) is 0 Å². The molecule has 0 aliphatic heterocycles. The van der Waals surface area contributed by atoms with Crippen LogP contribution in [-0.4, -0.2) is 11.1 Å². The van der Waals surface area contributed by atoms with Crippen molar-refractivity contribution in [2.45, 2.75) is 19.9 Å². The summed E-state index contributed by atoms with van der Waals surface area (Å²) in [5.41, 5.74) is 8.98. The minimum Gasteiger partial charge on any atom is -0.329 e. The molecule has 2 aromatic rings. The number of hydrogen-bond acceptors (Lipinski definition) is 2. The van der Waals surface area contributed by atoms with Gasteiger partial charge >= 0.3 is 0 Å². The second-order valence-electron chi connectivity index (χ2n) is 4.29. The number of nitrogens with two attached hydrogens (primary N) is 1. The highest BCUT2D eigenvalue weighted by molar-refractivity contribution is 5.62. The standard InChI is InChI=1S/C15H18N2O/c1-2-12-3-5-13(6-4-12)14-7-8-15(18)17(11-14)10-9-16/h3-8,11H,2,9-10,16H2,1H3. The summed E-state index contributed by atoms with van der Waals surface area (Å²) < 4.78 is 1.66. The second-order valence-corrected chi connectivity index (χ2v) is 4.29. The number of hydrogen-bond donors (Lipinski definition) is 1. The highest BCUT2D eigenvalue weighted by atomic mass is 16.1. The van der Waals surface area contributed by atoms with Gasteiger partial charge in [-0.05, 0) is 29.2 Å². The van der Waals surface area contributed by atoms with Gasteiger partial charge in [0.15, 0.2) is 0 Å². The SMILES string of the molecule is CCc1ccc(-c2ccc(=O)n(CCN)c2)cc1. The van der Waals surface area contributed by atoms with E-state index in [2.05, 4.69) is 31.2 Å². The van der Waals surface area contributed by atoms with Crippen molar-refractivity contribution < 1.29 is 0 Å². The Morgan fingerprint density at radius 3 is 2.33 bits per heavy atom. The predicted octanol–water partition coefficient (Wildman–Crippen LogP) is 2.04. The fraction of sp³-hybridized carbons (Fsp3) is 0.267. The lowest BCUT2D eigenvalue weighted by atomic mass is 10.0. The minimum atomic E-state index is -0.00521. The lowest BCUT2D eigenvalue weighted by molar-refractivity contribution is 0.682. The van der Waals surface area contributed by atoms with Crippen molar-refractivity contribution >= 4 is 0 Å². The van der Waals surface area contributed by atoms with Crippen LogP contribution in [0.2, 0.25) is 0 Å². The van der Waals surface area contributed by atoms with Crippen LogP contribution in [0.5, 0.6) is 0 Å². The van der Waals surface area contributed by atoms with Gasteiger partial charge in [-0.25, -0.2) is 0 Å². The average Bonchev–Trinajstić information content (AvgIpc) is 2.42. The van der Waals surface area contributed by atoms with E-state index in [1.807, 2.05) is 12.3 Å². The molecule has 0 spiro atoms. The van der Waals surface area contributed by atoms with Crippen molar-refractivity contribution in [1.82, 2.24) is 4.57 Å². The summed E-state index contributed by atoms with van der Waals surface area (Å²) in [6.07, 6.45) is 2.91. The molecule has 0 amide bonds. The molecule has 0 aliphatic rings. The van der Waals surface area contributed by atoms with Crippen molar-refractivity contribution in [3.63, 3.8) is 0 Å². The van der Waals surface area contributed by atoms with E-state index in [9.17, 15) is 4.79 Å². The molecule has 0 fully saturated rings. The summed E-state index contributed by atoms with van der Waals surface area (Å²) >= 11 is 0. The number of nitrogens with zero attached hydrogens (tertiary/aromatic N) is 1. The Morgan fingerprint density at radius 2 is 1.72 bits per heavy atom. The van der Waals surface area contributed by atoms with Crippen LogP contribution in [0.15, 0.2) is 47.4 Å². The molecule has 3 nitrogen and oxygen atoms in total. The molecule has 0 aliphatic carbocycles. The zero-order chi connectivity index (χ0) is 13.0. The van der Waals surface area contributed by atoms with Crippen molar-refractivity contribution in [3.8, 4) is 11.1 Å². The molecular formula is C15H18N2O. The molecule has 0 atom stereocenters. The van der Waals surface area contributed by atoms with Crippen LogP contribution in [-0.2, 0) is 13.0 Å². The zero-order valence-electron chi connectivity index (χ0n) is 10.6. The number of pyridine rings is 1. The fourth-order valence-corrected chi connectivity index (χ4v) is 1.95. The smallest absolute Gasteiger partial charge is 0.250 e. The summed E-state index contributed by atoms with van der Waals surface area (Å²) in [4.78, 5) is 11.6. The lowest BCUT2D eigenvalue weighted by Crippen LogP contribution is -2.22. The zero-order valence-corrected chi connectivity index (χ0v) is 10.6. The topological polar surface area (TPSA) is 48.0 Å². The summed E-state index contributed by atoms with van der Waals surface area (Å²) in [7, 11) is 0. The van der Waals surface area contributed by atoms with Gasteiger partial charge in [0, 0.05) is 25.4 Å². The maximum Gasteiger partial charge on any atom is 0.250 e. The van der Waals surface area contributed by atoms with Gasteiger partial charge in [-0.15, -0.1) is 0 Å². The molecule has 0 unspecified atom stereocenters. The van der Waals surface area contributed by atoms with Crippen molar-refractivity contribution in [1.29, 1.82) is 0 Å². The molecule has 18 heavy (non-hydrogen) atoms. The highest BCUT2D eigenvalue weighted by Crippen LogP contribution is 2.18. The molecule has 0 saturated carbocycles. The third-order valence-electron chi connectivity index (χ3n) is 3.05. The van der Waals surface area contributed by atoms with Crippen LogP contribution >= 0.6 is 0 Å². The van der Waals surface area contributed by atoms with Crippen molar-refractivity contribution in [2.24, 2.45) is 5.73 Å². The summed E-state index contributed by atoms with van der Waals surface area (Å²) in [5.74, 6) is 0. The molecule has 1 aromatic carbocycles. The van der Waals surface area contributed by atoms with Crippen molar-refractivity contribution in [3.05, 3.63) is 58.5 Å². The Kier molecular flexibility index (Phi) is 3.95. The van der Waals surface area contributed by atoms with Gasteiger partial charge in [0.2, 0.25) is 0 Å². The van der Waals surface area contributed by atoms with E-state index in [4.69, 9.17) is 5.73 Å². The van der Waals surface area contributed by atoms with Crippen LogP contribution < -0.4 is 11.3 Å². The van der Waals surface area contributed by atoms with Gasteiger partial charge in [0.25, 0.3) is 5.56 Å². The van der Waals surface area contributed by atoms with Crippen LogP contribution in [0.1, 0.15) is 12.5 Å². The Balaban J connectivity index is 2.37. The molecule has 0 saturated heterocycles. The highest BCUT2D eigenvalue weighted by Gasteiger charge is 2.01. The van der Waals surface area contributed by atoms with E-state index in [-0.39, 0.29) is 5.56 Å². The van der Waals surface area contributed by atoms with E-state index < -0.39 is 0 Å². The van der Waals surface area contributed by atoms with E-state index in [1.165, 1.54) is 5.56 Å². The maximum atomic E-state index is 11.6. The summed E-state index contributed by atoms with van der Waals surface area (Å²) in [6, 6.07) is 11.9. The van der Waals surface area contributed by atoms with Crippen LogP contribution in [0.3, 0.4) is 0 Å². The third-order valence-corrected chi connectivity index (χ3v) is 3.05. The Labute approximate surface area is 107 Å².